The number of urea groups is 1. The summed E-state index contributed by atoms with van der Waals surface area (Å²) >= 11 is 0. The summed E-state index contributed by atoms with van der Waals surface area (Å²) in [7, 11) is 1.80. The molecule has 1 aliphatic heterocycles. The smallest absolute Gasteiger partial charge is 0.320 e. The molecule has 1 fully saturated rings. The second-order valence-corrected chi connectivity index (χ2v) is 4.44. The summed E-state index contributed by atoms with van der Waals surface area (Å²) < 4.78 is 5.23. The summed E-state index contributed by atoms with van der Waals surface area (Å²) in [6.07, 6.45) is 0. The first-order valence-corrected chi connectivity index (χ1v) is 6.09. The normalized spacial score (nSPS) is 15.5. The Morgan fingerprint density at radius 2 is 2.06 bits per heavy atom. The molecule has 2 N–H and O–H groups in total. The predicted octanol–water partition coefficient (Wildman–Crippen LogP) is 1.15. The number of benzene rings is 1. The van der Waals surface area contributed by atoms with Crippen LogP contribution in [0.2, 0.25) is 0 Å². The molecule has 0 spiro atoms. The molecule has 1 aromatic rings. The van der Waals surface area contributed by atoms with Gasteiger partial charge < -0.3 is 20.3 Å². The minimum Gasteiger partial charge on any atom is -0.398 e. The van der Waals surface area contributed by atoms with Crippen LogP contribution in [-0.4, -0.2) is 49.2 Å². The lowest BCUT2D eigenvalue weighted by Gasteiger charge is -2.31. The van der Waals surface area contributed by atoms with Crippen molar-refractivity contribution in [2.45, 2.75) is 6.54 Å². The second kappa shape index (κ2) is 5.73. The number of carbonyl (C=O) groups is 1. The molecule has 5 heteroatoms. The van der Waals surface area contributed by atoms with Crippen LogP contribution in [0, 0.1) is 0 Å². The van der Waals surface area contributed by atoms with Gasteiger partial charge in [-0.3, -0.25) is 0 Å². The number of nitrogen functional groups attached to an aromatic ring is 1. The third-order valence-corrected chi connectivity index (χ3v) is 3.07. The average molecular weight is 249 g/mol. The maximum Gasteiger partial charge on any atom is 0.320 e. The number of carbonyl (C=O) groups excluding carboxylic acids is 1. The van der Waals surface area contributed by atoms with Crippen molar-refractivity contribution < 1.29 is 9.53 Å². The third kappa shape index (κ3) is 2.92. The van der Waals surface area contributed by atoms with Crippen LogP contribution in [-0.2, 0) is 11.3 Å². The first-order valence-electron chi connectivity index (χ1n) is 6.09. The van der Waals surface area contributed by atoms with E-state index >= 15 is 0 Å². The number of anilines is 1. The minimum atomic E-state index is 0.0292. The molecule has 2 amide bonds. The Morgan fingerprint density at radius 3 is 2.72 bits per heavy atom. The second-order valence-electron chi connectivity index (χ2n) is 4.44. The fourth-order valence-electron chi connectivity index (χ4n) is 2.00. The van der Waals surface area contributed by atoms with E-state index in [1.165, 1.54) is 0 Å². The van der Waals surface area contributed by atoms with Crippen LogP contribution in [0.15, 0.2) is 24.3 Å². The highest BCUT2D eigenvalue weighted by Gasteiger charge is 2.20. The van der Waals surface area contributed by atoms with Gasteiger partial charge in [0.25, 0.3) is 0 Å². The van der Waals surface area contributed by atoms with Crippen LogP contribution in [0.4, 0.5) is 10.5 Å². The van der Waals surface area contributed by atoms with Crippen molar-refractivity contribution in [2.75, 3.05) is 39.1 Å². The molecule has 0 radical (unpaired) electrons. The number of morpholine rings is 1. The van der Waals surface area contributed by atoms with Crippen molar-refractivity contribution in [3.8, 4) is 0 Å². The van der Waals surface area contributed by atoms with Crippen molar-refractivity contribution in [3.05, 3.63) is 29.8 Å². The van der Waals surface area contributed by atoms with Gasteiger partial charge in [0.05, 0.1) is 13.2 Å². The number of ether oxygens (including phenoxy) is 1. The number of nitrogens with zero attached hydrogens (tertiary/aromatic N) is 2. The molecule has 98 valence electrons. The van der Waals surface area contributed by atoms with E-state index in [4.69, 9.17) is 10.5 Å². The molecule has 0 saturated carbocycles. The maximum absolute atomic E-state index is 12.2. The van der Waals surface area contributed by atoms with Crippen LogP contribution in [0.1, 0.15) is 5.56 Å². The summed E-state index contributed by atoms with van der Waals surface area (Å²) in [5, 5.41) is 0. The van der Waals surface area contributed by atoms with Crippen molar-refractivity contribution in [3.63, 3.8) is 0 Å². The fraction of sp³-hybridized carbons (Fsp3) is 0.462. The molecule has 0 bridgehead atoms. The van der Waals surface area contributed by atoms with Crippen LogP contribution in [0.5, 0.6) is 0 Å². The minimum absolute atomic E-state index is 0.0292. The highest BCUT2D eigenvalue weighted by Crippen LogP contribution is 2.13. The number of hydrogen-bond donors (Lipinski definition) is 1. The Hall–Kier alpha value is -1.75. The molecule has 18 heavy (non-hydrogen) atoms. The number of amides is 2. The summed E-state index contributed by atoms with van der Waals surface area (Å²) in [4.78, 5) is 15.7. The zero-order chi connectivity index (χ0) is 13.0. The molecule has 0 unspecified atom stereocenters. The standard InChI is InChI=1S/C13H19N3O2/c1-15(10-11-4-2-3-5-12(11)14)13(17)16-6-8-18-9-7-16/h2-5H,6-10,14H2,1H3. The Kier molecular flexibility index (Phi) is 4.04. The number of rotatable bonds is 2. The number of nitrogens with two attached hydrogens (primary N) is 1. The van der Waals surface area contributed by atoms with E-state index in [2.05, 4.69) is 0 Å². The van der Waals surface area contributed by atoms with Crippen molar-refractivity contribution in [1.82, 2.24) is 9.80 Å². The van der Waals surface area contributed by atoms with Gasteiger partial charge in [-0.1, -0.05) is 18.2 Å². The highest BCUT2D eigenvalue weighted by atomic mass is 16.5. The fourth-order valence-corrected chi connectivity index (χ4v) is 2.00. The van der Waals surface area contributed by atoms with E-state index in [1.54, 1.807) is 11.9 Å². The van der Waals surface area contributed by atoms with Gasteiger partial charge in [-0.2, -0.15) is 0 Å². The van der Waals surface area contributed by atoms with Gasteiger partial charge in [-0.25, -0.2) is 4.79 Å². The van der Waals surface area contributed by atoms with E-state index < -0.39 is 0 Å². The Balaban J connectivity index is 1.96. The number of para-hydroxylation sites is 1. The molecular formula is C13H19N3O2. The van der Waals surface area contributed by atoms with Gasteiger partial charge in [0, 0.05) is 32.4 Å². The molecule has 0 aliphatic carbocycles. The van der Waals surface area contributed by atoms with E-state index in [0.29, 0.717) is 32.8 Å². The van der Waals surface area contributed by atoms with Gasteiger partial charge in [-0.15, -0.1) is 0 Å². The van der Waals surface area contributed by atoms with Crippen LogP contribution in [0.25, 0.3) is 0 Å². The quantitative estimate of drug-likeness (QED) is 0.800. The van der Waals surface area contributed by atoms with Gasteiger partial charge in [0.2, 0.25) is 0 Å². The lowest BCUT2D eigenvalue weighted by atomic mass is 10.2. The Morgan fingerprint density at radius 1 is 1.39 bits per heavy atom. The van der Waals surface area contributed by atoms with Crippen LogP contribution < -0.4 is 5.73 Å². The molecule has 1 aliphatic rings. The third-order valence-electron chi connectivity index (χ3n) is 3.07. The van der Waals surface area contributed by atoms with E-state index in [0.717, 1.165) is 11.3 Å². The van der Waals surface area contributed by atoms with Gasteiger partial charge in [-0.05, 0) is 11.6 Å². The van der Waals surface area contributed by atoms with E-state index in [-0.39, 0.29) is 6.03 Å². The average Bonchev–Trinajstić information content (AvgIpc) is 2.41. The Bertz CT molecular complexity index is 416. The van der Waals surface area contributed by atoms with E-state index in [9.17, 15) is 4.79 Å². The summed E-state index contributed by atoms with van der Waals surface area (Å²) in [6.45, 7) is 3.09. The first kappa shape index (κ1) is 12.7. The molecule has 5 nitrogen and oxygen atoms in total. The lowest BCUT2D eigenvalue weighted by molar-refractivity contribution is 0.0448. The number of hydrogen-bond acceptors (Lipinski definition) is 3. The molecule has 1 heterocycles. The molecular weight excluding hydrogens is 230 g/mol. The van der Waals surface area contributed by atoms with Gasteiger partial charge in [0.1, 0.15) is 0 Å². The highest BCUT2D eigenvalue weighted by molar-refractivity contribution is 5.74. The largest absolute Gasteiger partial charge is 0.398 e. The summed E-state index contributed by atoms with van der Waals surface area (Å²) in [6, 6.07) is 7.64. The molecule has 0 atom stereocenters. The van der Waals surface area contributed by atoms with Crippen LogP contribution in [0.3, 0.4) is 0 Å². The Labute approximate surface area is 107 Å². The molecule has 1 aromatic carbocycles. The summed E-state index contributed by atoms with van der Waals surface area (Å²) in [5.41, 5.74) is 7.57. The SMILES string of the molecule is CN(Cc1ccccc1N)C(=O)N1CCOCC1. The van der Waals surface area contributed by atoms with Crippen molar-refractivity contribution >= 4 is 11.7 Å². The van der Waals surface area contributed by atoms with Gasteiger partial charge in [0.15, 0.2) is 0 Å². The molecule has 2 rings (SSSR count). The van der Waals surface area contributed by atoms with Crippen molar-refractivity contribution in [2.24, 2.45) is 0 Å². The van der Waals surface area contributed by atoms with Crippen molar-refractivity contribution in [1.29, 1.82) is 0 Å². The topological polar surface area (TPSA) is 58.8 Å². The lowest BCUT2D eigenvalue weighted by Crippen LogP contribution is -2.46. The summed E-state index contributed by atoms with van der Waals surface area (Å²) in [5.74, 6) is 0. The van der Waals surface area contributed by atoms with E-state index in [1.807, 2.05) is 29.2 Å². The molecule has 0 aromatic heterocycles. The monoisotopic (exact) mass is 249 g/mol. The maximum atomic E-state index is 12.2. The van der Waals surface area contributed by atoms with Crippen LogP contribution >= 0.6 is 0 Å². The zero-order valence-corrected chi connectivity index (χ0v) is 10.6. The first-order chi connectivity index (χ1) is 8.68. The predicted molar refractivity (Wildman–Crippen MR) is 70.1 cm³/mol. The zero-order valence-electron chi connectivity index (χ0n) is 10.6. The van der Waals surface area contributed by atoms with Gasteiger partial charge >= 0.3 is 6.03 Å². The molecule has 1 saturated heterocycles.